The summed E-state index contributed by atoms with van der Waals surface area (Å²) < 4.78 is 16.3. The van der Waals surface area contributed by atoms with Gasteiger partial charge in [-0.1, -0.05) is 19.1 Å². The Morgan fingerprint density at radius 2 is 1.84 bits per heavy atom. The number of furan rings is 1. The molecule has 160 valence electrons. The zero-order valence-electron chi connectivity index (χ0n) is 17.5. The SMILES string of the molecule is CCCOc1ccc(C(=O)N/N=C\c2ccc(-c3cccc(C(=O)OCC)c3)o2)cc1. The highest BCUT2D eigenvalue weighted by Gasteiger charge is 2.10. The standard InChI is InChI=1S/C24H24N2O5/c1-3-14-30-20-10-8-17(9-11-20)23(27)26-25-16-21-12-13-22(31-21)18-6-5-7-19(15-18)24(28)29-4-2/h5-13,15-16H,3-4,14H2,1-2H3,(H,26,27)/b25-16-. The maximum Gasteiger partial charge on any atom is 0.338 e. The molecule has 1 aromatic heterocycles. The van der Waals surface area contributed by atoms with Crippen molar-refractivity contribution in [1.29, 1.82) is 0 Å². The van der Waals surface area contributed by atoms with Crippen molar-refractivity contribution in [3.05, 3.63) is 77.6 Å². The molecule has 2 aromatic carbocycles. The second-order valence-corrected chi connectivity index (χ2v) is 6.58. The fourth-order valence-electron chi connectivity index (χ4n) is 2.73. The summed E-state index contributed by atoms with van der Waals surface area (Å²) in [7, 11) is 0. The molecule has 31 heavy (non-hydrogen) atoms. The third-order valence-electron chi connectivity index (χ3n) is 4.23. The van der Waals surface area contributed by atoms with E-state index in [9.17, 15) is 9.59 Å². The third kappa shape index (κ3) is 6.05. The van der Waals surface area contributed by atoms with E-state index < -0.39 is 0 Å². The number of nitrogens with zero attached hydrogens (tertiary/aromatic N) is 1. The van der Waals surface area contributed by atoms with E-state index in [1.807, 2.05) is 13.0 Å². The molecule has 0 radical (unpaired) electrons. The fraction of sp³-hybridized carbons (Fsp3) is 0.208. The van der Waals surface area contributed by atoms with Crippen LogP contribution in [0, 0.1) is 0 Å². The first kappa shape index (κ1) is 21.8. The molecular weight excluding hydrogens is 396 g/mol. The number of amides is 1. The number of ether oxygens (including phenoxy) is 2. The molecule has 0 unspecified atom stereocenters. The van der Waals surface area contributed by atoms with Crippen molar-refractivity contribution in [3.63, 3.8) is 0 Å². The number of hydrogen-bond acceptors (Lipinski definition) is 6. The minimum atomic E-state index is -0.384. The summed E-state index contributed by atoms with van der Waals surface area (Å²) in [6, 6.07) is 17.3. The summed E-state index contributed by atoms with van der Waals surface area (Å²) in [5, 5.41) is 3.94. The number of rotatable bonds is 9. The van der Waals surface area contributed by atoms with E-state index in [4.69, 9.17) is 13.9 Å². The highest BCUT2D eigenvalue weighted by atomic mass is 16.5. The van der Waals surface area contributed by atoms with Crippen molar-refractivity contribution >= 4 is 18.1 Å². The normalized spacial score (nSPS) is 10.8. The van der Waals surface area contributed by atoms with Crippen LogP contribution in [-0.4, -0.2) is 31.3 Å². The summed E-state index contributed by atoms with van der Waals surface area (Å²) in [5.74, 6) is 1.02. The van der Waals surface area contributed by atoms with Crippen LogP contribution < -0.4 is 10.2 Å². The summed E-state index contributed by atoms with van der Waals surface area (Å²) in [6.45, 7) is 4.74. The molecule has 1 amide bonds. The van der Waals surface area contributed by atoms with Gasteiger partial charge in [-0.15, -0.1) is 0 Å². The first-order chi connectivity index (χ1) is 15.1. The summed E-state index contributed by atoms with van der Waals surface area (Å²) in [4.78, 5) is 24.1. The Hall–Kier alpha value is -3.87. The van der Waals surface area contributed by atoms with Crippen LogP contribution in [0.25, 0.3) is 11.3 Å². The van der Waals surface area contributed by atoms with Crippen molar-refractivity contribution in [2.75, 3.05) is 13.2 Å². The molecule has 0 spiro atoms. The topological polar surface area (TPSA) is 90.1 Å². The Labute approximate surface area is 180 Å². The molecule has 0 atom stereocenters. The number of nitrogens with one attached hydrogen (secondary N) is 1. The van der Waals surface area contributed by atoms with Crippen LogP contribution in [-0.2, 0) is 4.74 Å². The number of hydrazone groups is 1. The van der Waals surface area contributed by atoms with Gasteiger partial charge in [0, 0.05) is 11.1 Å². The number of carbonyl (C=O) groups is 2. The minimum absolute atomic E-state index is 0.312. The smallest absolute Gasteiger partial charge is 0.338 e. The average molecular weight is 420 g/mol. The summed E-state index contributed by atoms with van der Waals surface area (Å²) in [6.07, 6.45) is 2.33. The van der Waals surface area contributed by atoms with Crippen LogP contribution in [0.15, 0.2) is 70.2 Å². The molecule has 0 aliphatic heterocycles. The first-order valence-electron chi connectivity index (χ1n) is 10.0. The molecule has 1 heterocycles. The van der Waals surface area contributed by atoms with Crippen LogP contribution in [0.1, 0.15) is 46.7 Å². The third-order valence-corrected chi connectivity index (χ3v) is 4.23. The van der Waals surface area contributed by atoms with Gasteiger partial charge in [-0.05, 0) is 61.9 Å². The first-order valence-corrected chi connectivity index (χ1v) is 10.0. The van der Waals surface area contributed by atoms with Gasteiger partial charge in [-0.25, -0.2) is 10.2 Å². The Bertz CT molecular complexity index is 1050. The van der Waals surface area contributed by atoms with E-state index in [2.05, 4.69) is 10.5 Å². The predicted molar refractivity (Wildman–Crippen MR) is 117 cm³/mol. The van der Waals surface area contributed by atoms with Crippen LogP contribution in [0.4, 0.5) is 0 Å². The van der Waals surface area contributed by atoms with Crippen molar-refractivity contribution < 1.29 is 23.5 Å². The van der Waals surface area contributed by atoms with Crippen molar-refractivity contribution in [1.82, 2.24) is 5.43 Å². The van der Waals surface area contributed by atoms with E-state index in [-0.39, 0.29) is 11.9 Å². The van der Waals surface area contributed by atoms with Gasteiger partial charge in [-0.3, -0.25) is 4.79 Å². The molecule has 0 aliphatic rings. The minimum Gasteiger partial charge on any atom is -0.494 e. The van der Waals surface area contributed by atoms with E-state index >= 15 is 0 Å². The summed E-state index contributed by atoms with van der Waals surface area (Å²) in [5.41, 5.74) is 4.12. The van der Waals surface area contributed by atoms with Crippen LogP contribution >= 0.6 is 0 Å². The quantitative estimate of drug-likeness (QED) is 0.308. The largest absolute Gasteiger partial charge is 0.494 e. The molecule has 0 fully saturated rings. The van der Waals surface area contributed by atoms with Gasteiger partial charge in [0.15, 0.2) is 0 Å². The van der Waals surface area contributed by atoms with Gasteiger partial charge in [0.05, 0.1) is 25.0 Å². The highest BCUT2D eigenvalue weighted by molar-refractivity contribution is 5.95. The van der Waals surface area contributed by atoms with Crippen LogP contribution in [0.3, 0.4) is 0 Å². The van der Waals surface area contributed by atoms with E-state index in [0.29, 0.717) is 35.9 Å². The molecule has 0 saturated heterocycles. The van der Waals surface area contributed by atoms with E-state index in [1.165, 1.54) is 6.21 Å². The van der Waals surface area contributed by atoms with Gasteiger partial charge in [0.25, 0.3) is 5.91 Å². The van der Waals surface area contributed by atoms with Gasteiger partial charge < -0.3 is 13.9 Å². The zero-order chi connectivity index (χ0) is 22.1. The van der Waals surface area contributed by atoms with Crippen LogP contribution in [0.5, 0.6) is 5.75 Å². The van der Waals surface area contributed by atoms with Gasteiger partial charge in [0.1, 0.15) is 17.3 Å². The second-order valence-electron chi connectivity index (χ2n) is 6.58. The molecule has 0 bridgehead atoms. The van der Waals surface area contributed by atoms with E-state index in [1.54, 1.807) is 61.5 Å². The molecule has 3 rings (SSSR count). The number of carbonyl (C=O) groups excluding carboxylic acids is 2. The Morgan fingerprint density at radius 1 is 1.03 bits per heavy atom. The molecule has 7 heteroatoms. The molecule has 1 N–H and O–H groups in total. The van der Waals surface area contributed by atoms with Crippen molar-refractivity contribution in [2.45, 2.75) is 20.3 Å². The molecule has 0 saturated carbocycles. The van der Waals surface area contributed by atoms with Crippen molar-refractivity contribution in [2.24, 2.45) is 5.10 Å². The average Bonchev–Trinajstić information content (AvgIpc) is 3.27. The molecule has 7 nitrogen and oxygen atoms in total. The Morgan fingerprint density at radius 3 is 2.58 bits per heavy atom. The summed E-state index contributed by atoms with van der Waals surface area (Å²) >= 11 is 0. The molecule has 0 aliphatic carbocycles. The molecule has 3 aromatic rings. The highest BCUT2D eigenvalue weighted by Crippen LogP contribution is 2.23. The van der Waals surface area contributed by atoms with Gasteiger partial charge in [0.2, 0.25) is 0 Å². The maximum absolute atomic E-state index is 12.2. The Balaban J connectivity index is 1.60. The lowest BCUT2D eigenvalue weighted by molar-refractivity contribution is 0.0526. The zero-order valence-corrected chi connectivity index (χ0v) is 17.5. The number of benzene rings is 2. The second kappa shape index (κ2) is 10.8. The number of hydrogen-bond donors (Lipinski definition) is 1. The molecular formula is C24H24N2O5. The van der Waals surface area contributed by atoms with Gasteiger partial charge >= 0.3 is 5.97 Å². The monoisotopic (exact) mass is 420 g/mol. The maximum atomic E-state index is 12.2. The lowest BCUT2D eigenvalue weighted by atomic mass is 10.1. The lowest BCUT2D eigenvalue weighted by Crippen LogP contribution is -2.17. The fourth-order valence-corrected chi connectivity index (χ4v) is 2.73. The lowest BCUT2D eigenvalue weighted by Gasteiger charge is -2.05. The predicted octanol–water partition coefficient (Wildman–Crippen LogP) is 4.68. The van der Waals surface area contributed by atoms with E-state index in [0.717, 1.165) is 17.7 Å². The number of esters is 1. The Kier molecular flexibility index (Phi) is 7.59. The van der Waals surface area contributed by atoms with Crippen molar-refractivity contribution in [3.8, 4) is 17.1 Å². The van der Waals surface area contributed by atoms with Crippen LogP contribution in [0.2, 0.25) is 0 Å². The van der Waals surface area contributed by atoms with Gasteiger partial charge in [-0.2, -0.15) is 5.10 Å².